The van der Waals surface area contributed by atoms with Gasteiger partial charge in [-0.3, -0.25) is 9.78 Å². The monoisotopic (exact) mass is 381 g/mol. The van der Waals surface area contributed by atoms with Crippen molar-refractivity contribution < 1.29 is 9.53 Å². The second-order valence-corrected chi connectivity index (χ2v) is 6.59. The SMILES string of the molecule is COc1ccccc1NC(=O)c1cncc(Nc2c(C)cc(C)cc2Cl)c1. The summed E-state index contributed by atoms with van der Waals surface area (Å²) >= 11 is 6.35. The maximum atomic E-state index is 12.6. The molecule has 0 aliphatic rings. The van der Waals surface area contributed by atoms with E-state index in [1.807, 2.05) is 38.1 Å². The number of halogens is 1. The number of carbonyl (C=O) groups is 1. The predicted molar refractivity (Wildman–Crippen MR) is 109 cm³/mol. The van der Waals surface area contributed by atoms with Gasteiger partial charge in [0.1, 0.15) is 5.75 Å². The number of carbonyl (C=O) groups excluding carboxylic acids is 1. The van der Waals surface area contributed by atoms with Gasteiger partial charge >= 0.3 is 0 Å². The number of nitrogens with zero attached hydrogens (tertiary/aromatic N) is 1. The molecule has 1 heterocycles. The summed E-state index contributed by atoms with van der Waals surface area (Å²) in [4.78, 5) is 16.8. The topological polar surface area (TPSA) is 63.2 Å². The highest BCUT2D eigenvalue weighted by Gasteiger charge is 2.12. The van der Waals surface area contributed by atoms with Gasteiger partial charge in [0.15, 0.2) is 0 Å². The Kier molecular flexibility index (Phi) is 5.62. The minimum Gasteiger partial charge on any atom is -0.495 e. The van der Waals surface area contributed by atoms with Gasteiger partial charge in [0.05, 0.1) is 41.0 Å². The molecule has 27 heavy (non-hydrogen) atoms. The van der Waals surface area contributed by atoms with E-state index in [1.54, 1.807) is 31.5 Å². The van der Waals surface area contributed by atoms with Gasteiger partial charge in [-0.15, -0.1) is 0 Å². The molecule has 5 nitrogen and oxygen atoms in total. The van der Waals surface area contributed by atoms with E-state index in [0.717, 1.165) is 16.8 Å². The summed E-state index contributed by atoms with van der Waals surface area (Å²) in [5.74, 6) is 0.317. The number of hydrogen-bond donors (Lipinski definition) is 2. The molecule has 0 atom stereocenters. The number of aryl methyl sites for hydroxylation is 2. The van der Waals surface area contributed by atoms with Crippen molar-refractivity contribution in [1.82, 2.24) is 4.98 Å². The van der Waals surface area contributed by atoms with Crippen molar-refractivity contribution in [2.45, 2.75) is 13.8 Å². The number of para-hydroxylation sites is 2. The second-order valence-electron chi connectivity index (χ2n) is 6.18. The van der Waals surface area contributed by atoms with Crippen LogP contribution in [0.15, 0.2) is 54.9 Å². The highest BCUT2D eigenvalue weighted by molar-refractivity contribution is 6.33. The van der Waals surface area contributed by atoms with E-state index in [1.165, 1.54) is 6.20 Å². The van der Waals surface area contributed by atoms with E-state index in [4.69, 9.17) is 16.3 Å². The molecule has 0 aliphatic heterocycles. The third-order valence-electron chi connectivity index (χ3n) is 4.06. The number of hydrogen-bond acceptors (Lipinski definition) is 4. The predicted octanol–water partition coefficient (Wildman–Crippen LogP) is 5.36. The molecule has 1 amide bonds. The van der Waals surface area contributed by atoms with Crippen molar-refractivity contribution >= 4 is 34.6 Å². The molecule has 0 fully saturated rings. The number of ether oxygens (including phenoxy) is 1. The van der Waals surface area contributed by atoms with Gasteiger partial charge in [-0.1, -0.05) is 29.8 Å². The van der Waals surface area contributed by atoms with Crippen LogP contribution in [0.25, 0.3) is 0 Å². The first kappa shape index (κ1) is 18.7. The van der Waals surface area contributed by atoms with E-state index in [9.17, 15) is 4.79 Å². The summed E-state index contributed by atoms with van der Waals surface area (Å²) in [6, 6.07) is 12.9. The number of rotatable bonds is 5. The molecule has 0 bridgehead atoms. The first-order valence-electron chi connectivity index (χ1n) is 8.41. The molecule has 0 radical (unpaired) electrons. The van der Waals surface area contributed by atoms with Crippen LogP contribution in [0.3, 0.4) is 0 Å². The van der Waals surface area contributed by atoms with Crippen molar-refractivity contribution in [3.05, 3.63) is 76.6 Å². The average molecular weight is 382 g/mol. The molecule has 2 N–H and O–H groups in total. The smallest absolute Gasteiger partial charge is 0.257 e. The van der Waals surface area contributed by atoms with Crippen LogP contribution >= 0.6 is 11.6 Å². The molecular formula is C21H20ClN3O2. The number of amides is 1. The number of pyridine rings is 1. The van der Waals surface area contributed by atoms with Crippen LogP contribution in [0.2, 0.25) is 5.02 Å². The van der Waals surface area contributed by atoms with Crippen LogP contribution in [0.4, 0.5) is 17.1 Å². The van der Waals surface area contributed by atoms with Crippen molar-refractivity contribution in [2.24, 2.45) is 0 Å². The Morgan fingerprint density at radius 1 is 1.11 bits per heavy atom. The zero-order chi connectivity index (χ0) is 19.4. The van der Waals surface area contributed by atoms with Gasteiger partial charge in [0.25, 0.3) is 5.91 Å². The summed E-state index contributed by atoms with van der Waals surface area (Å²) in [5.41, 5.74) is 4.60. The highest BCUT2D eigenvalue weighted by atomic mass is 35.5. The van der Waals surface area contributed by atoms with Crippen LogP contribution in [0, 0.1) is 13.8 Å². The molecule has 0 spiro atoms. The maximum Gasteiger partial charge on any atom is 0.257 e. The summed E-state index contributed by atoms with van der Waals surface area (Å²) in [6.07, 6.45) is 3.16. The minimum atomic E-state index is -0.276. The molecule has 3 rings (SSSR count). The largest absolute Gasteiger partial charge is 0.495 e. The Labute approximate surface area is 163 Å². The number of aromatic nitrogens is 1. The lowest BCUT2D eigenvalue weighted by atomic mass is 10.1. The van der Waals surface area contributed by atoms with Crippen molar-refractivity contribution in [1.29, 1.82) is 0 Å². The highest BCUT2D eigenvalue weighted by Crippen LogP contribution is 2.30. The second kappa shape index (κ2) is 8.10. The molecule has 0 saturated carbocycles. The number of anilines is 3. The minimum absolute atomic E-state index is 0.276. The first-order chi connectivity index (χ1) is 13.0. The van der Waals surface area contributed by atoms with Crippen LogP contribution < -0.4 is 15.4 Å². The normalized spacial score (nSPS) is 10.4. The van der Waals surface area contributed by atoms with E-state index >= 15 is 0 Å². The molecule has 6 heteroatoms. The summed E-state index contributed by atoms with van der Waals surface area (Å²) < 4.78 is 5.26. The Balaban J connectivity index is 1.82. The third kappa shape index (κ3) is 4.38. The van der Waals surface area contributed by atoms with Gasteiger partial charge < -0.3 is 15.4 Å². The van der Waals surface area contributed by atoms with E-state index in [-0.39, 0.29) is 5.91 Å². The van der Waals surface area contributed by atoms with Crippen LogP contribution in [-0.4, -0.2) is 18.0 Å². The number of nitrogens with one attached hydrogen (secondary N) is 2. The van der Waals surface area contributed by atoms with E-state index < -0.39 is 0 Å². The standard InChI is InChI=1S/C21H20ClN3O2/c1-13-8-14(2)20(17(22)9-13)24-16-10-15(11-23-12-16)21(26)25-18-6-4-5-7-19(18)27-3/h4-12,24H,1-3H3,(H,25,26). The zero-order valence-electron chi connectivity index (χ0n) is 15.3. The lowest BCUT2D eigenvalue weighted by Crippen LogP contribution is -2.13. The van der Waals surface area contributed by atoms with E-state index in [2.05, 4.69) is 15.6 Å². The fourth-order valence-electron chi connectivity index (χ4n) is 2.79. The fourth-order valence-corrected chi connectivity index (χ4v) is 3.16. The molecule has 0 unspecified atom stereocenters. The van der Waals surface area contributed by atoms with Gasteiger partial charge in [0.2, 0.25) is 0 Å². The molecule has 1 aromatic heterocycles. The maximum absolute atomic E-state index is 12.6. The lowest BCUT2D eigenvalue weighted by molar-refractivity contribution is 0.102. The van der Waals surface area contributed by atoms with Crippen LogP contribution in [-0.2, 0) is 0 Å². The van der Waals surface area contributed by atoms with Gasteiger partial charge in [-0.2, -0.15) is 0 Å². The number of methoxy groups -OCH3 is 1. The van der Waals surface area contributed by atoms with Gasteiger partial charge in [0, 0.05) is 6.20 Å². The van der Waals surface area contributed by atoms with Crippen LogP contribution in [0.5, 0.6) is 5.75 Å². The van der Waals surface area contributed by atoms with Gasteiger partial charge in [-0.25, -0.2) is 0 Å². The van der Waals surface area contributed by atoms with Gasteiger partial charge in [-0.05, 0) is 49.2 Å². The average Bonchev–Trinajstić information content (AvgIpc) is 2.65. The molecule has 0 saturated heterocycles. The fraction of sp³-hybridized carbons (Fsp3) is 0.143. The Bertz CT molecular complexity index is 966. The van der Waals surface area contributed by atoms with Crippen molar-refractivity contribution in [2.75, 3.05) is 17.7 Å². The Morgan fingerprint density at radius 2 is 1.89 bits per heavy atom. The summed E-state index contributed by atoms with van der Waals surface area (Å²) in [5, 5.41) is 6.71. The Hall–Kier alpha value is -3.05. The van der Waals surface area contributed by atoms with E-state index in [0.29, 0.717) is 27.7 Å². The first-order valence-corrected chi connectivity index (χ1v) is 8.79. The number of benzene rings is 2. The Morgan fingerprint density at radius 3 is 2.63 bits per heavy atom. The molecule has 0 aliphatic carbocycles. The molecule has 2 aromatic carbocycles. The molecular weight excluding hydrogens is 362 g/mol. The van der Waals surface area contributed by atoms with Crippen LogP contribution in [0.1, 0.15) is 21.5 Å². The zero-order valence-corrected chi connectivity index (χ0v) is 16.1. The van der Waals surface area contributed by atoms with Crippen molar-refractivity contribution in [3.63, 3.8) is 0 Å². The quantitative estimate of drug-likeness (QED) is 0.624. The summed E-state index contributed by atoms with van der Waals surface area (Å²) in [7, 11) is 1.56. The molecule has 138 valence electrons. The summed E-state index contributed by atoms with van der Waals surface area (Å²) in [6.45, 7) is 3.97. The van der Waals surface area contributed by atoms with Crippen molar-refractivity contribution in [3.8, 4) is 5.75 Å². The molecule has 3 aromatic rings. The third-order valence-corrected chi connectivity index (χ3v) is 4.35. The lowest BCUT2D eigenvalue weighted by Gasteiger charge is -2.13.